The third-order valence-corrected chi connectivity index (χ3v) is 6.13. The predicted octanol–water partition coefficient (Wildman–Crippen LogP) is 6.42. The minimum Gasteiger partial charge on any atom is -0.494 e. The first-order valence-corrected chi connectivity index (χ1v) is 11.9. The first-order valence-electron chi connectivity index (χ1n) is 11.9. The molecule has 0 radical (unpaired) electrons. The lowest BCUT2D eigenvalue weighted by Gasteiger charge is -2.27. The molecule has 0 aliphatic carbocycles. The molecule has 0 saturated carbocycles. The Kier molecular flexibility index (Phi) is 6.41. The summed E-state index contributed by atoms with van der Waals surface area (Å²) in [7, 11) is 0. The Morgan fingerprint density at radius 1 is 0.889 bits per heavy atom. The molecule has 5 rings (SSSR count). The van der Waals surface area contributed by atoms with Crippen LogP contribution >= 0.6 is 0 Å². The van der Waals surface area contributed by atoms with Crippen molar-refractivity contribution in [3.05, 3.63) is 119 Å². The SMILES string of the molecule is CCOc1ccc(N2C(=O)c3ccccc3[C@@H]2Nc2cccc(C(=O)Nc3ccc(C)cc3)c2)cc1. The van der Waals surface area contributed by atoms with Crippen LogP contribution in [0.15, 0.2) is 97.1 Å². The van der Waals surface area contributed by atoms with Gasteiger partial charge in [-0.2, -0.15) is 0 Å². The Morgan fingerprint density at radius 2 is 1.64 bits per heavy atom. The van der Waals surface area contributed by atoms with Crippen molar-refractivity contribution in [2.24, 2.45) is 0 Å². The molecule has 0 bridgehead atoms. The average molecular weight is 478 g/mol. The summed E-state index contributed by atoms with van der Waals surface area (Å²) >= 11 is 0. The molecule has 1 aliphatic heterocycles. The van der Waals surface area contributed by atoms with Gasteiger partial charge in [0.05, 0.1) is 6.61 Å². The van der Waals surface area contributed by atoms with Crippen molar-refractivity contribution in [2.45, 2.75) is 20.0 Å². The largest absolute Gasteiger partial charge is 0.494 e. The van der Waals surface area contributed by atoms with Crippen LogP contribution < -0.4 is 20.3 Å². The summed E-state index contributed by atoms with van der Waals surface area (Å²) in [6.45, 7) is 4.51. The highest BCUT2D eigenvalue weighted by Gasteiger charge is 2.37. The van der Waals surface area contributed by atoms with Crippen LogP contribution in [0, 0.1) is 6.92 Å². The Labute approximate surface area is 210 Å². The Balaban J connectivity index is 1.42. The van der Waals surface area contributed by atoms with Gasteiger partial charge >= 0.3 is 0 Å². The van der Waals surface area contributed by atoms with E-state index in [1.165, 1.54) is 0 Å². The molecule has 1 aliphatic rings. The van der Waals surface area contributed by atoms with Crippen molar-refractivity contribution < 1.29 is 14.3 Å². The van der Waals surface area contributed by atoms with Gasteiger partial charge in [-0.1, -0.05) is 42.0 Å². The summed E-state index contributed by atoms with van der Waals surface area (Å²) in [5, 5.41) is 6.41. The number of rotatable bonds is 7. The molecule has 6 heteroatoms. The van der Waals surface area contributed by atoms with Gasteiger partial charge in [0, 0.05) is 33.8 Å². The molecule has 4 aromatic carbocycles. The number of carbonyl (C=O) groups excluding carboxylic acids is 2. The summed E-state index contributed by atoms with van der Waals surface area (Å²) in [6, 6.07) is 30.0. The van der Waals surface area contributed by atoms with Gasteiger partial charge in [-0.25, -0.2) is 0 Å². The van der Waals surface area contributed by atoms with Crippen molar-refractivity contribution >= 4 is 28.9 Å². The van der Waals surface area contributed by atoms with Crippen molar-refractivity contribution in [1.82, 2.24) is 0 Å². The number of hydrogen-bond acceptors (Lipinski definition) is 4. The molecule has 180 valence electrons. The first kappa shape index (κ1) is 23.2. The Bertz CT molecular complexity index is 1400. The number of amides is 2. The number of carbonyl (C=O) groups is 2. The number of fused-ring (bicyclic) bond motifs is 1. The van der Waals surface area contributed by atoms with Gasteiger partial charge in [0.25, 0.3) is 11.8 Å². The van der Waals surface area contributed by atoms with E-state index in [0.29, 0.717) is 17.7 Å². The molecular formula is C30H27N3O3. The van der Waals surface area contributed by atoms with Crippen molar-refractivity contribution in [1.29, 1.82) is 0 Å². The van der Waals surface area contributed by atoms with Crippen LogP contribution in [0.25, 0.3) is 0 Å². The molecule has 1 heterocycles. The maximum Gasteiger partial charge on any atom is 0.260 e. The zero-order valence-corrected chi connectivity index (χ0v) is 20.2. The van der Waals surface area contributed by atoms with Crippen LogP contribution in [0.2, 0.25) is 0 Å². The van der Waals surface area contributed by atoms with Crippen LogP contribution in [0.5, 0.6) is 5.75 Å². The van der Waals surface area contributed by atoms with Crippen LogP contribution in [0.3, 0.4) is 0 Å². The molecular weight excluding hydrogens is 450 g/mol. The van der Waals surface area contributed by atoms with Gasteiger partial charge in [-0.15, -0.1) is 0 Å². The molecule has 0 aromatic heterocycles. The molecule has 0 spiro atoms. The van der Waals surface area contributed by atoms with Gasteiger partial charge in [0.15, 0.2) is 0 Å². The maximum absolute atomic E-state index is 13.4. The van der Waals surface area contributed by atoms with Gasteiger partial charge in [-0.3, -0.25) is 14.5 Å². The minimum absolute atomic E-state index is 0.0828. The van der Waals surface area contributed by atoms with Gasteiger partial charge in [0.1, 0.15) is 11.9 Å². The lowest BCUT2D eigenvalue weighted by Crippen LogP contribution is -2.32. The summed E-state index contributed by atoms with van der Waals surface area (Å²) in [6.07, 6.45) is -0.429. The molecule has 2 N–H and O–H groups in total. The van der Waals surface area contributed by atoms with E-state index in [2.05, 4.69) is 10.6 Å². The van der Waals surface area contributed by atoms with Gasteiger partial charge < -0.3 is 15.4 Å². The second-order valence-corrected chi connectivity index (χ2v) is 8.64. The third-order valence-electron chi connectivity index (χ3n) is 6.13. The third kappa shape index (κ3) is 4.66. The van der Waals surface area contributed by atoms with E-state index in [4.69, 9.17) is 4.74 Å². The highest BCUT2D eigenvalue weighted by atomic mass is 16.5. The van der Waals surface area contributed by atoms with Gasteiger partial charge in [-0.05, 0) is 74.5 Å². The zero-order chi connectivity index (χ0) is 25.1. The summed E-state index contributed by atoms with van der Waals surface area (Å²) < 4.78 is 5.56. The number of ether oxygens (including phenoxy) is 1. The van der Waals surface area contributed by atoms with E-state index in [1.54, 1.807) is 17.0 Å². The average Bonchev–Trinajstić information content (AvgIpc) is 3.17. The van der Waals surface area contributed by atoms with E-state index in [0.717, 1.165) is 33.9 Å². The summed E-state index contributed by atoms with van der Waals surface area (Å²) in [5.74, 6) is 0.469. The molecule has 0 saturated heterocycles. The van der Waals surface area contributed by atoms with E-state index >= 15 is 0 Å². The number of anilines is 3. The summed E-state index contributed by atoms with van der Waals surface area (Å²) in [5.41, 5.74) is 5.40. The lowest BCUT2D eigenvalue weighted by atomic mass is 10.1. The number of nitrogens with zero attached hydrogens (tertiary/aromatic N) is 1. The first-order chi connectivity index (χ1) is 17.5. The van der Waals surface area contributed by atoms with E-state index in [-0.39, 0.29) is 11.8 Å². The second kappa shape index (κ2) is 9.96. The smallest absolute Gasteiger partial charge is 0.260 e. The van der Waals surface area contributed by atoms with Gasteiger partial charge in [0.2, 0.25) is 0 Å². The van der Waals surface area contributed by atoms with Crippen molar-refractivity contribution in [2.75, 3.05) is 22.1 Å². The predicted molar refractivity (Wildman–Crippen MR) is 143 cm³/mol. The molecule has 6 nitrogen and oxygen atoms in total. The number of aryl methyl sites for hydroxylation is 1. The molecule has 0 unspecified atom stereocenters. The van der Waals surface area contributed by atoms with Crippen molar-refractivity contribution in [3.63, 3.8) is 0 Å². The number of nitrogens with one attached hydrogen (secondary N) is 2. The van der Waals surface area contributed by atoms with Crippen LogP contribution in [0.4, 0.5) is 17.1 Å². The number of hydrogen-bond donors (Lipinski definition) is 2. The zero-order valence-electron chi connectivity index (χ0n) is 20.2. The molecule has 2 amide bonds. The fourth-order valence-corrected chi connectivity index (χ4v) is 4.34. The Hall–Kier alpha value is -4.58. The highest BCUT2D eigenvalue weighted by molar-refractivity contribution is 6.11. The standard InChI is InChI=1S/C30H27N3O3/c1-3-36-25-17-15-24(16-18-25)33-28(26-9-4-5-10-27(26)30(33)35)31-23-8-6-7-21(19-23)29(34)32-22-13-11-20(2)12-14-22/h4-19,28,31H,3H2,1-2H3,(H,32,34)/t28-/m1/s1. The topological polar surface area (TPSA) is 70.7 Å². The molecule has 36 heavy (non-hydrogen) atoms. The maximum atomic E-state index is 13.4. The normalized spacial score (nSPS) is 14.3. The lowest BCUT2D eigenvalue weighted by molar-refractivity contribution is 0.0990. The van der Waals surface area contributed by atoms with Crippen LogP contribution in [-0.4, -0.2) is 18.4 Å². The number of benzene rings is 4. The minimum atomic E-state index is -0.429. The summed E-state index contributed by atoms with van der Waals surface area (Å²) in [4.78, 5) is 28.0. The fourth-order valence-electron chi connectivity index (χ4n) is 4.34. The molecule has 1 atom stereocenters. The fraction of sp³-hybridized carbons (Fsp3) is 0.133. The van der Waals surface area contributed by atoms with E-state index < -0.39 is 6.17 Å². The van der Waals surface area contributed by atoms with Crippen molar-refractivity contribution in [3.8, 4) is 5.75 Å². The highest BCUT2D eigenvalue weighted by Crippen LogP contribution is 2.38. The van der Waals surface area contributed by atoms with E-state index in [9.17, 15) is 9.59 Å². The van der Waals surface area contributed by atoms with Crippen LogP contribution in [-0.2, 0) is 0 Å². The van der Waals surface area contributed by atoms with Crippen LogP contribution in [0.1, 0.15) is 44.9 Å². The quantitative estimate of drug-likeness (QED) is 0.322. The van der Waals surface area contributed by atoms with E-state index in [1.807, 2.05) is 98.8 Å². The molecule has 4 aromatic rings. The monoisotopic (exact) mass is 477 g/mol. The molecule has 0 fully saturated rings. The Morgan fingerprint density at radius 3 is 2.39 bits per heavy atom. The second-order valence-electron chi connectivity index (χ2n) is 8.64.